The SMILES string of the molecule is COc1cccc(-c2nnc(C(=O)NSCc3ccc(F)cc3)n2-c2c(OC)cccc2OC)n1. The molecule has 35 heavy (non-hydrogen) atoms. The molecule has 0 atom stereocenters. The number of halogens is 1. The Balaban J connectivity index is 1.74. The zero-order valence-corrected chi connectivity index (χ0v) is 20.0. The number of benzene rings is 2. The van der Waals surface area contributed by atoms with Crippen LogP contribution in [0.3, 0.4) is 0 Å². The van der Waals surface area contributed by atoms with Crippen LogP contribution in [-0.2, 0) is 5.75 Å². The van der Waals surface area contributed by atoms with Crippen molar-refractivity contribution in [2.45, 2.75) is 5.75 Å². The number of hydrogen-bond acceptors (Lipinski definition) is 8. The van der Waals surface area contributed by atoms with Crippen molar-refractivity contribution in [1.29, 1.82) is 0 Å². The molecule has 1 N–H and O–H groups in total. The van der Waals surface area contributed by atoms with E-state index in [1.165, 1.54) is 38.0 Å². The lowest BCUT2D eigenvalue weighted by atomic mass is 10.2. The van der Waals surface area contributed by atoms with Gasteiger partial charge in [0, 0.05) is 11.8 Å². The quantitative estimate of drug-likeness (QED) is 0.347. The molecule has 1 amide bonds. The average molecular weight is 496 g/mol. The zero-order chi connectivity index (χ0) is 24.8. The highest BCUT2D eigenvalue weighted by molar-refractivity contribution is 7.97. The molecule has 0 aliphatic carbocycles. The van der Waals surface area contributed by atoms with Gasteiger partial charge < -0.3 is 14.2 Å². The second kappa shape index (κ2) is 10.9. The van der Waals surface area contributed by atoms with Crippen LogP contribution in [0, 0.1) is 5.82 Å². The molecule has 0 aliphatic heterocycles. The fourth-order valence-corrected chi connectivity index (χ4v) is 3.98. The van der Waals surface area contributed by atoms with Gasteiger partial charge >= 0.3 is 0 Å². The summed E-state index contributed by atoms with van der Waals surface area (Å²) in [5.74, 6) is 1.18. The van der Waals surface area contributed by atoms with E-state index in [9.17, 15) is 9.18 Å². The van der Waals surface area contributed by atoms with Gasteiger partial charge in [-0.15, -0.1) is 10.2 Å². The fraction of sp³-hybridized carbons (Fsp3) is 0.167. The van der Waals surface area contributed by atoms with Crippen LogP contribution in [0.2, 0.25) is 0 Å². The minimum atomic E-state index is -0.494. The number of nitrogens with zero attached hydrogens (tertiary/aromatic N) is 4. The van der Waals surface area contributed by atoms with Crippen LogP contribution >= 0.6 is 11.9 Å². The van der Waals surface area contributed by atoms with E-state index in [1.54, 1.807) is 48.5 Å². The van der Waals surface area contributed by atoms with Gasteiger partial charge in [-0.3, -0.25) is 14.1 Å². The Labute approximate surface area is 205 Å². The Morgan fingerprint density at radius 1 is 0.943 bits per heavy atom. The van der Waals surface area contributed by atoms with Gasteiger partial charge in [0.05, 0.1) is 21.3 Å². The predicted molar refractivity (Wildman–Crippen MR) is 129 cm³/mol. The minimum Gasteiger partial charge on any atom is -0.494 e. The average Bonchev–Trinajstić information content (AvgIpc) is 3.34. The van der Waals surface area contributed by atoms with E-state index in [4.69, 9.17) is 14.2 Å². The van der Waals surface area contributed by atoms with Gasteiger partial charge in [0.1, 0.15) is 28.7 Å². The normalized spacial score (nSPS) is 10.6. The van der Waals surface area contributed by atoms with Crippen molar-refractivity contribution in [2.75, 3.05) is 21.3 Å². The van der Waals surface area contributed by atoms with E-state index in [0.29, 0.717) is 40.3 Å². The maximum Gasteiger partial charge on any atom is 0.299 e. The second-order valence-corrected chi connectivity index (χ2v) is 7.89. The lowest BCUT2D eigenvalue weighted by molar-refractivity contribution is 0.0972. The van der Waals surface area contributed by atoms with E-state index < -0.39 is 5.91 Å². The highest BCUT2D eigenvalue weighted by atomic mass is 32.2. The van der Waals surface area contributed by atoms with E-state index in [0.717, 1.165) is 17.5 Å². The van der Waals surface area contributed by atoms with Crippen LogP contribution in [0.15, 0.2) is 60.7 Å². The molecular weight excluding hydrogens is 473 g/mol. The highest BCUT2D eigenvalue weighted by Gasteiger charge is 2.26. The molecule has 11 heteroatoms. The summed E-state index contributed by atoms with van der Waals surface area (Å²) in [6.07, 6.45) is 0. The maximum absolute atomic E-state index is 13.2. The summed E-state index contributed by atoms with van der Waals surface area (Å²) >= 11 is 1.15. The molecule has 0 aliphatic rings. The van der Waals surface area contributed by atoms with Crippen LogP contribution in [0.1, 0.15) is 16.2 Å². The first-order valence-corrected chi connectivity index (χ1v) is 11.4. The van der Waals surface area contributed by atoms with Crippen LogP contribution in [0.25, 0.3) is 17.2 Å². The Morgan fingerprint density at radius 2 is 1.63 bits per heavy atom. The predicted octanol–water partition coefficient (Wildman–Crippen LogP) is 4.07. The number of aromatic nitrogens is 4. The van der Waals surface area contributed by atoms with Gasteiger partial charge in [-0.1, -0.05) is 24.3 Å². The lowest BCUT2D eigenvalue weighted by Gasteiger charge is -2.17. The van der Waals surface area contributed by atoms with Crippen molar-refractivity contribution in [2.24, 2.45) is 0 Å². The van der Waals surface area contributed by atoms with Gasteiger partial charge in [0.25, 0.3) is 5.91 Å². The fourth-order valence-electron chi connectivity index (χ4n) is 3.33. The van der Waals surface area contributed by atoms with Gasteiger partial charge in [0.2, 0.25) is 11.7 Å². The Bertz CT molecular complexity index is 1310. The summed E-state index contributed by atoms with van der Waals surface area (Å²) in [5, 5.41) is 8.42. The number of hydrogen-bond donors (Lipinski definition) is 1. The first kappa shape index (κ1) is 24.0. The number of pyridine rings is 1. The van der Waals surface area contributed by atoms with Crippen LogP contribution in [0.4, 0.5) is 4.39 Å². The summed E-state index contributed by atoms with van der Waals surface area (Å²) in [5.41, 5.74) is 1.73. The lowest BCUT2D eigenvalue weighted by Crippen LogP contribution is -2.21. The smallest absolute Gasteiger partial charge is 0.299 e. The maximum atomic E-state index is 13.2. The first-order chi connectivity index (χ1) is 17.0. The number of rotatable bonds is 9. The minimum absolute atomic E-state index is 0.000902. The molecule has 9 nitrogen and oxygen atoms in total. The molecule has 0 fully saturated rings. The number of amides is 1. The first-order valence-electron chi connectivity index (χ1n) is 10.4. The third-order valence-corrected chi connectivity index (χ3v) is 5.78. The summed E-state index contributed by atoms with van der Waals surface area (Å²) in [6.45, 7) is 0. The number of ether oxygens (including phenoxy) is 3. The number of carbonyl (C=O) groups excluding carboxylic acids is 1. The molecule has 0 spiro atoms. The standard InChI is InChI=1S/C24H22FN5O4S/c1-32-18-7-5-8-19(33-2)21(18)30-22(17-6-4-9-20(26-17)34-3)27-28-23(30)24(31)29-35-14-15-10-12-16(25)13-11-15/h4-13H,14H2,1-3H3,(H,29,31). The molecule has 0 saturated heterocycles. The number of carbonyl (C=O) groups is 1. The van der Waals surface area contributed by atoms with Crippen LogP contribution in [0.5, 0.6) is 17.4 Å². The molecule has 2 heterocycles. The Hall–Kier alpha value is -4.12. The van der Waals surface area contributed by atoms with Gasteiger partial charge in [-0.25, -0.2) is 9.37 Å². The molecule has 180 valence electrons. The monoisotopic (exact) mass is 495 g/mol. The van der Waals surface area contributed by atoms with E-state index in [2.05, 4.69) is 19.9 Å². The summed E-state index contributed by atoms with van der Waals surface area (Å²) in [7, 11) is 4.55. The molecule has 2 aromatic heterocycles. The third kappa shape index (κ3) is 5.19. The summed E-state index contributed by atoms with van der Waals surface area (Å²) in [4.78, 5) is 17.7. The summed E-state index contributed by atoms with van der Waals surface area (Å²) in [6, 6.07) is 16.5. The van der Waals surface area contributed by atoms with E-state index >= 15 is 0 Å². The largest absolute Gasteiger partial charge is 0.494 e. The van der Waals surface area contributed by atoms with Crippen molar-refractivity contribution in [3.05, 3.63) is 77.9 Å². The molecule has 2 aromatic carbocycles. The number of methoxy groups -OCH3 is 3. The molecule has 4 aromatic rings. The van der Waals surface area contributed by atoms with Gasteiger partial charge in [-0.05, 0) is 47.8 Å². The number of para-hydroxylation sites is 1. The topological polar surface area (TPSA) is 100 Å². The Morgan fingerprint density at radius 3 is 2.29 bits per heavy atom. The van der Waals surface area contributed by atoms with Crippen molar-refractivity contribution in [1.82, 2.24) is 24.5 Å². The van der Waals surface area contributed by atoms with Gasteiger partial charge in [-0.2, -0.15) is 0 Å². The molecule has 0 radical (unpaired) electrons. The van der Waals surface area contributed by atoms with Crippen molar-refractivity contribution in [3.8, 4) is 34.6 Å². The van der Waals surface area contributed by atoms with Crippen molar-refractivity contribution in [3.63, 3.8) is 0 Å². The van der Waals surface area contributed by atoms with Crippen LogP contribution < -0.4 is 18.9 Å². The zero-order valence-electron chi connectivity index (χ0n) is 19.2. The van der Waals surface area contributed by atoms with Crippen LogP contribution in [-0.4, -0.2) is 47.0 Å². The molecule has 0 bridgehead atoms. The molecule has 0 saturated carbocycles. The summed E-state index contributed by atoms with van der Waals surface area (Å²) < 4.78 is 33.8. The number of nitrogens with one attached hydrogen (secondary N) is 1. The second-order valence-electron chi connectivity index (χ2n) is 7.11. The molecular formula is C24H22FN5O4S. The van der Waals surface area contributed by atoms with E-state index in [1.807, 2.05) is 0 Å². The highest BCUT2D eigenvalue weighted by Crippen LogP contribution is 2.36. The molecule has 4 rings (SSSR count). The van der Waals surface area contributed by atoms with Gasteiger partial charge in [0.15, 0.2) is 5.82 Å². The Kier molecular flexibility index (Phi) is 7.46. The third-order valence-electron chi connectivity index (χ3n) is 4.97. The van der Waals surface area contributed by atoms with Crippen molar-refractivity contribution >= 4 is 17.9 Å². The molecule has 0 unspecified atom stereocenters. The van der Waals surface area contributed by atoms with Crippen molar-refractivity contribution < 1.29 is 23.4 Å². The van der Waals surface area contributed by atoms with E-state index in [-0.39, 0.29) is 11.6 Å².